The van der Waals surface area contributed by atoms with Gasteiger partial charge in [0.1, 0.15) is 0 Å². The molecule has 1 aliphatic heterocycles. The van der Waals surface area contributed by atoms with Crippen molar-refractivity contribution >= 4 is 5.91 Å². The molecule has 1 aliphatic rings. The minimum atomic E-state index is -0.190. The van der Waals surface area contributed by atoms with Crippen LogP contribution in [-0.4, -0.2) is 43.3 Å². The van der Waals surface area contributed by atoms with Gasteiger partial charge in [-0.1, -0.05) is 0 Å². The molecule has 1 amide bonds. The van der Waals surface area contributed by atoms with Crippen LogP contribution in [0.4, 0.5) is 0 Å². The van der Waals surface area contributed by atoms with Crippen molar-refractivity contribution in [2.45, 2.75) is 57.7 Å². The highest BCUT2D eigenvalue weighted by molar-refractivity contribution is 5.77. The molecule has 1 heterocycles. The summed E-state index contributed by atoms with van der Waals surface area (Å²) in [5.74, 6) is 0.0396. The van der Waals surface area contributed by atoms with Crippen molar-refractivity contribution in [2.24, 2.45) is 5.73 Å². The number of ether oxygens (including phenoxy) is 1. The van der Waals surface area contributed by atoms with E-state index in [1.807, 2.05) is 20.8 Å². The Labute approximate surface area is 110 Å². The molecule has 0 radical (unpaired) electrons. The number of carbonyl (C=O) groups is 1. The van der Waals surface area contributed by atoms with Gasteiger partial charge in [0.15, 0.2) is 0 Å². The van der Waals surface area contributed by atoms with Crippen LogP contribution in [0.1, 0.15) is 40.0 Å². The first-order chi connectivity index (χ1) is 8.40. The standard InChI is InChI=1S/C13H27N3O2/c1-13(2,3)16-12(17)7-10(8-14)15-9-11-5-4-6-18-11/h10-11,15H,4-9,14H2,1-3H3,(H,16,17). The average molecular weight is 257 g/mol. The Kier molecular flexibility index (Phi) is 6.05. The summed E-state index contributed by atoms with van der Waals surface area (Å²) < 4.78 is 5.53. The Bertz CT molecular complexity index is 257. The van der Waals surface area contributed by atoms with Gasteiger partial charge in [0.2, 0.25) is 5.91 Å². The van der Waals surface area contributed by atoms with Gasteiger partial charge in [-0.2, -0.15) is 0 Å². The van der Waals surface area contributed by atoms with Gasteiger partial charge in [0.25, 0.3) is 0 Å². The first kappa shape index (κ1) is 15.4. The second-order valence-electron chi connectivity index (χ2n) is 5.98. The van der Waals surface area contributed by atoms with Crippen molar-refractivity contribution in [3.63, 3.8) is 0 Å². The fourth-order valence-electron chi connectivity index (χ4n) is 2.04. The summed E-state index contributed by atoms with van der Waals surface area (Å²) in [4.78, 5) is 11.8. The predicted molar refractivity (Wildman–Crippen MR) is 72.3 cm³/mol. The molecule has 18 heavy (non-hydrogen) atoms. The second kappa shape index (κ2) is 7.07. The molecule has 4 N–H and O–H groups in total. The van der Waals surface area contributed by atoms with Crippen LogP contribution in [-0.2, 0) is 9.53 Å². The molecule has 0 aromatic rings. The zero-order valence-corrected chi connectivity index (χ0v) is 11.8. The minimum Gasteiger partial charge on any atom is -0.377 e. The van der Waals surface area contributed by atoms with Gasteiger partial charge in [-0.25, -0.2) is 0 Å². The van der Waals surface area contributed by atoms with Crippen molar-refractivity contribution in [2.75, 3.05) is 19.7 Å². The van der Waals surface area contributed by atoms with E-state index in [1.165, 1.54) is 0 Å². The summed E-state index contributed by atoms with van der Waals surface area (Å²) in [6.45, 7) is 8.02. The maximum atomic E-state index is 11.8. The molecular weight excluding hydrogens is 230 g/mol. The highest BCUT2D eigenvalue weighted by Gasteiger charge is 2.20. The van der Waals surface area contributed by atoms with Crippen LogP contribution < -0.4 is 16.4 Å². The molecule has 1 fully saturated rings. The lowest BCUT2D eigenvalue weighted by atomic mass is 10.1. The van der Waals surface area contributed by atoms with Crippen LogP contribution in [0.15, 0.2) is 0 Å². The number of nitrogens with one attached hydrogen (secondary N) is 2. The molecule has 106 valence electrons. The van der Waals surface area contributed by atoms with Gasteiger partial charge >= 0.3 is 0 Å². The molecule has 0 saturated carbocycles. The molecule has 0 spiro atoms. The van der Waals surface area contributed by atoms with Gasteiger partial charge in [-0.3, -0.25) is 4.79 Å². The van der Waals surface area contributed by atoms with E-state index in [1.54, 1.807) is 0 Å². The topological polar surface area (TPSA) is 76.4 Å². The third kappa shape index (κ3) is 6.33. The van der Waals surface area contributed by atoms with Gasteiger partial charge in [-0.15, -0.1) is 0 Å². The van der Waals surface area contributed by atoms with Gasteiger partial charge in [0, 0.05) is 37.7 Å². The monoisotopic (exact) mass is 257 g/mol. The van der Waals surface area contributed by atoms with E-state index in [0.717, 1.165) is 26.0 Å². The Morgan fingerprint density at radius 2 is 2.22 bits per heavy atom. The molecule has 5 heteroatoms. The van der Waals surface area contributed by atoms with Gasteiger partial charge in [-0.05, 0) is 33.6 Å². The number of carbonyl (C=O) groups excluding carboxylic acids is 1. The van der Waals surface area contributed by atoms with Crippen molar-refractivity contribution in [3.8, 4) is 0 Å². The molecule has 0 aliphatic carbocycles. The van der Waals surface area contributed by atoms with Crippen molar-refractivity contribution in [3.05, 3.63) is 0 Å². The third-order valence-electron chi connectivity index (χ3n) is 2.89. The molecule has 0 bridgehead atoms. The zero-order chi connectivity index (χ0) is 13.6. The Balaban J connectivity index is 2.25. The SMILES string of the molecule is CC(C)(C)NC(=O)CC(CN)NCC1CCCO1. The van der Waals surface area contributed by atoms with Crippen LogP contribution in [0.3, 0.4) is 0 Å². The number of amides is 1. The Morgan fingerprint density at radius 1 is 1.50 bits per heavy atom. The summed E-state index contributed by atoms with van der Waals surface area (Å²) in [7, 11) is 0. The summed E-state index contributed by atoms with van der Waals surface area (Å²) in [5, 5.41) is 6.26. The van der Waals surface area contributed by atoms with Crippen LogP contribution in [0.2, 0.25) is 0 Å². The molecule has 5 nitrogen and oxygen atoms in total. The highest BCUT2D eigenvalue weighted by atomic mass is 16.5. The minimum absolute atomic E-state index is 0.0246. The molecular formula is C13H27N3O2. The first-order valence-corrected chi connectivity index (χ1v) is 6.77. The third-order valence-corrected chi connectivity index (χ3v) is 2.89. The zero-order valence-electron chi connectivity index (χ0n) is 11.8. The van der Waals surface area contributed by atoms with Crippen molar-refractivity contribution < 1.29 is 9.53 Å². The van der Waals surface area contributed by atoms with Crippen LogP contribution >= 0.6 is 0 Å². The van der Waals surface area contributed by atoms with E-state index in [4.69, 9.17) is 10.5 Å². The number of hydrogen-bond donors (Lipinski definition) is 3. The Morgan fingerprint density at radius 3 is 2.72 bits per heavy atom. The van der Waals surface area contributed by atoms with Crippen LogP contribution in [0, 0.1) is 0 Å². The van der Waals surface area contributed by atoms with Gasteiger partial charge < -0.3 is 21.1 Å². The van der Waals surface area contributed by atoms with Crippen LogP contribution in [0.5, 0.6) is 0 Å². The van der Waals surface area contributed by atoms with E-state index >= 15 is 0 Å². The van der Waals surface area contributed by atoms with Gasteiger partial charge in [0.05, 0.1) is 6.10 Å². The predicted octanol–water partition coefficient (Wildman–Crippen LogP) is 0.387. The van der Waals surface area contributed by atoms with Crippen molar-refractivity contribution in [1.82, 2.24) is 10.6 Å². The van der Waals surface area contributed by atoms with E-state index < -0.39 is 0 Å². The number of nitrogens with two attached hydrogens (primary N) is 1. The van der Waals surface area contributed by atoms with E-state index in [0.29, 0.717) is 13.0 Å². The lowest BCUT2D eigenvalue weighted by molar-refractivity contribution is -0.123. The summed E-state index contributed by atoms with van der Waals surface area (Å²) in [6, 6.07) is 0.0246. The average Bonchev–Trinajstić information content (AvgIpc) is 2.74. The van der Waals surface area contributed by atoms with E-state index in [9.17, 15) is 4.79 Å². The number of hydrogen-bond acceptors (Lipinski definition) is 4. The maximum Gasteiger partial charge on any atom is 0.222 e. The summed E-state index contributed by atoms with van der Waals surface area (Å²) >= 11 is 0. The normalized spacial score (nSPS) is 21.9. The molecule has 1 saturated heterocycles. The first-order valence-electron chi connectivity index (χ1n) is 6.77. The van der Waals surface area contributed by atoms with E-state index in [2.05, 4.69) is 10.6 Å². The maximum absolute atomic E-state index is 11.8. The quantitative estimate of drug-likeness (QED) is 0.643. The fraction of sp³-hybridized carbons (Fsp3) is 0.923. The highest BCUT2D eigenvalue weighted by Crippen LogP contribution is 2.11. The second-order valence-corrected chi connectivity index (χ2v) is 5.98. The lowest BCUT2D eigenvalue weighted by Gasteiger charge is -2.23. The fourth-order valence-corrected chi connectivity index (χ4v) is 2.04. The molecule has 0 aromatic heterocycles. The summed E-state index contributed by atoms with van der Waals surface area (Å²) in [6.07, 6.45) is 2.92. The lowest BCUT2D eigenvalue weighted by Crippen LogP contribution is -2.47. The molecule has 1 rings (SSSR count). The smallest absolute Gasteiger partial charge is 0.222 e. The van der Waals surface area contributed by atoms with E-state index in [-0.39, 0.29) is 23.6 Å². The van der Waals surface area contributed by atoms with Crippen molar-refractivity contribution in [1.29, 1.82) is 0 Å². The number of rotatable bonds is 6. The summed E-state index contributed by atoms with van der Waals surface area (Å²) in [5.41, 5.74) is 5.50. The molecule has 0 aromatic carbocycles. The van der Waals surface area contributed by atoms with Crippen LogP contribution in [0.25, 0.3) is 0 Å². The Hall–Kier alpha value is -0.650. The largest absolute Gasteiger partial charge is 0.377 e. The molecule has 2 atom stereocenters. The molecule has 2 unspecified atom stereocenters.